The van der Waals surface area contributed by atoms with E-state index in [1.54, 1.807) is 54.5 Å². The number of methoxy groups -OCH3 is 1. The van der Waals surface area contributed by atoms with Crippen LogP contribution in [0.5, 0.6) is 17.2 Å². The molecule has 0 spiro atoms. The van der Waals surface area contributed by atoms with E-state index in [0.29, 0.717) is 29.1 Å². The van der Waals surface area contributed by atoms with E-state index in [0.717, 1.165) is 16.9 Å². The lowest BCUT2D eigenvalue weighted by Gasteiger charge is -2.26. The number of phenolic OH excluding ortho intramolecular Hbond substituents is 2. The molecule has 0 saturated carbocycles. The van der Waals surface area contributed by atoms with Crippen molar-refractivity contribution in [2.24, 2.45) is 0 Å². The molecule has 3 aromatic carbocycles. The molecule has 32 heavy (non-hydrogen) atoms. The van der Waals surface area contributed by atoms with Crippen LogP contribution < -0.4 is 4.74 Å². The largest absolute Gasteiger partial charge is 0.508 e. The molecule has 7 heteroatoms. The predicted octanol–water partition coefficient (Wildman–Crippen LogP) is 4.24. The van der Waals surface area contributed by atoms with Gasteiger partial charge in [-0.15, -0.1) is 0 Å². The number of rotatable bonds is 5. The van der Waals surface area contributed by atoms with Crippen LogP contribution >= 0.6 is 0 Å². The van der Waals surface area contributed by atoms with Crippen molar-refractivity contribution < 1.29 is 19.7 Å². The van der Waals surface area contributed by atoms with E-state index in [1.807, 2.05) is 30.3 Å². The van der Waals surface area contributed by atoms with Gasteiger partial charge in [0.25, 0.3) is 5.91 Å². The van der Waals surface area contributed by atoms with Crippen LogP contribution in [-0.4, -0.2) is 38.3 Å². The number of H-pyrrole nitrogens is 1. The first-order chi connectivity index (χ1) is 15.6. The number of para-hydroxylation sites is 1. The summed E-state index contributed by atoms with van der Waals surface area (Å²) in [6.45, 7) is 0.372. The topological polar surface area (TPSA) is 98.7 Å². The van der Waals surface area contributed by atoms with Crippen molar-refractivity contribution in [2.75, 3.05) is 7.11 Å². The molecule has 1 aliphatic rings. The highest BCUT2D eigenvalue weighted by molar-refractivity contribution is 6.00. The zero-order valence-corrected chi connectivity index (χ0v) is 17.3. The molecule has 1 atom stereocenters. The number of fused-ring (bicyclic) bond motifs is 1. The van der Waals surface area contributed by atoms with Crippen LogP contribution in [0, 0.1) is 0 Å². The summed E-state index contributed by atoms with van der Waals surface area (Å²) < 4.78 is 5.23. The Labute approximate surface area is 184 Å². The normalized spacial score (nSPS) is 15.1. The SMILES string of the molecule is COc1ccc(CN2C(=O)c3[nH]nc(-c4ccccc4O)c3[C@H]2c2ccc(O)cc2)cc1. The zero-order valence-electron chi connectivity index (χ0n) is 17.3. The summed E-state index contributed by atoms with van der Waals surface area (Å²) in [7, 11) is 1.61. The number of carbonyl (C=O) groups excluding carboxylic acids is 1. The van der Waals surface area contributed by atoms with Crippen molar-refractivity contribution in [3.63, 3.8) is 0 Å². The van der Waals surface area contributed by atoms with Gasteiger partial charge in [0.2, 0.25) is 0 Å². The van der Waals surface area contributed by atoms with Gasteiger partial charge in [-0.25, -0.2) is 0 Å². The maximum atomic E-state index is 13.4. The van der Waals surface area contributed by atoms with Gasteiger partial charge >= 0.3 is 0 Å². The molecule has 0 bridgehead atoms. The van der Waals surface area contributed by atoms with Gasteiger partial charge in [0.1, 0.15) is 28.6 Å². The fourth-order valence-corrected chi connectivity index (χ4v) is 4.17. The highest BCUT2D eigenvalue weighted by Crippen LogP contribution is 2.45. The Bertz CT molecular complexity index is 1280. The molecular formula is C25H21N3O4. The van der Waals surface area contributed by atoms with E-state index in [-0.39, 0.29) is 17.4 Å². The van der Waals surface area contributed by atoms with E-state index in [2.05, 4.69) is 10.2 Å². The van der Waals surface area contributed by atoms with Crippen LogP contribution in [0.4, 0.5) is 0 Å². The molecule has 1 aliphatic heterocycles. The Morgan fingerprint density at radius 3 is 2.41 bits per heavy atom. The van der Waals surface area contributed by atoms with Crippen LogP contribution in [0.1, 0.15) is 33.2 Å². The number of aromatic amines is 1. The lowest BCUT2D eigenvalue weighted by atomic mass is 9.95. The number of hydrogen-bond acceptors (Lipinski definition) is 5. The van der Waals surface area contributed by atoms with Crippen molar-refractivity contribution in [1.29, 1.82) is 0 Å². The Kier molecular flexibility index (Phi) is 4.78. The fourth-order valence-electron chi connectivity index (χ4n) is 4.17. The van der Waals surface area contributed by atoms with E-state index < -0.39 is 6.04 Å². The van der Waals surface area contributed by atoms with Crippen LogP contribution in [0.2, 0.25) is 0 Å². The molecule has 0 aliphatic carbocycles. The number of aromatic nitrogens is 2. The number of amides is 1. The van der Waals surface area contributed by atoms with Gasteiger partial charge in [-0.1, -0.05) is 36.4 Å². The highest BCUT2D eigenvalue weighted by atomic mass is 16.5. The molecule has 1 amide bonds. The second-order valence-corrected chi connectivity index (χ2v) is 7.65. The maximum Gasteiger partial charge on any atom is 0.273 e. The lowest BCUT2D eigenvalue weighted by Crippen LogP contribution is -2.29. The molecule has 3 N–H and O–H groups in total. The average Bonchev–Trinajstić information content (AvgIpc) is 3.35. The van der Waals surface area contributed by atoms with Crippen molar-refractivity contribution >= 4 is 5.91 Å². The van der Waals surface area contributed by atoms with Gasteiger partial charge < -0.3 is 19.8 Å². The summed E-state index contributed by atoms with van der Waals surface area (Å²) in [4.78, 5) is 15.2. The number of phenols is 2. The van der Waals surface area contributed by atoms with Crippen LogP contribution in [0.3, 0.4) is 0 Å². The molecule has 0 fully saturated rings. The summed E-state index contributed by atoms with van der Waals surface area (Å²) in [6.07, 6.45) is 0. The number of benzene rings is 3. The molecule has 7 nitrogen and oxygen atoms in total. The standard InChI is InChI=1S/C25H21N3O4/c1-32-18-12-6-15(7-13-18)14-28-24(16-8-10-17(29)11-9-16)21-22(26-27-23(21)25(28)31)19-4-2-3-5-20(19)30/h2-13,24,29-30H,14H2,1H3,(H,26,27)/t24-/m1/s1. The van der Waals surface area contributed by atoms with Gasteiger partial charge in [0, 0.05) is 17.7 Å². The Balaban J connectivity index is 1.62. The number of ether oxygens (including phenoxy) is 1. The number of carbonyl (C=O) groups is 1. The second kappa shape index (κ2) is 7.77. The van der Waals surface area contributed by atoms with Crippen molar-refractivity contribution in [3.8, 4) is 28.5 Å². The number of aromatic hydroxyl groups is 2. The fraction of sp³-hybridized carbons (Fsp3) is 0.120. The second-order valence-electron chi connectivity index (χ2n) is 7.65. The Morgan fingerprint density at radius 2 is 1.72 bits per heavy atom. The van der Waals surface area contributed by atoms with Gasteiger partial charge in [-0.3, -0.25) is 9.89 Å². The third kappa shape index (κ3) is 3.24. The molecular weight excluding hydrogens is 406 g/mol. The summed E-state index contributed by atoms with van der Waals surface area (Å²) >= 11 is 0. The Morgan fingerprint density at radius 1 is 1.00 bits per heavy atom. The van der Waals surface area contributed by atoms with Crippen LogP contribution in [-0.2, 0) is 6.54 Å². The maximum absolute atomic E-state index is 13.4. The van der Waals surface area contributed by atoms with Gasteiger partial charge in [-0.05, 0) is 47.5 Å². The summed E-state index contributed by atoms with van der Waals surface area (Å²) in [5.41, 5.74) is 3.96. The number of nitrogens with one attached hydrogen (secondary N) is 1. The summed E-state index contributed by atoms with van der Waals surface area (Å²) in [5, 5.41) is 27.5. The lowest BCUT2D eigenvalue weighted by molar-refractivity contribution is 0.0730. The number of hydrogen-bond donors (Lipinski definition) is 3. The Hall–Kier alpha value is -4.26. The van der Waals surface area contributed by atoms with Gasteiger partial charge in [-0.2, -0.15) is 5.10 Å². The van der Waals surface area contributed by atoms with Crippen LogP contribution in [0.25, 0.3) is 11.3 Å². The van der Waals surface area contributed by atoms with E-state index in [1.165, 1.54) is 0 Å². The summed E-state index contributed by atoms with van der Waals surface area (Å²) in [5.74, 6) is 0.802. The monoisotopic (exact) mass is 427 g/mol. The van der Waals surface area contributed by atoms with E-state index in [9.17, 15) is 15.0 Å². The zero-order chi connectivity index (χ0) is 22.2. The minimum absolute atomic E-state index is 0.0901. The molecule has 2 heterocycles. The smallest absolute Gasteiger partial charge is 0.273 e. The predicted molar refractivity (Wildman–Crippen MR) is 119 cm³/mol. The van der Waals surface area contributed by atoms with Crippen molar-refractivity contribution in [1.82, 2.24) is 15.1 Å². The quantitative estimate of drug-likeness (QED) is 0.442. The molecule has 4 aromatic rings. The molecule has 0 unspecified atom stereocenters. The minimum atomic E-state index is -0.437. The van der Waals surface area contributed by atoms with Gasteiger partial charge in [0.05, 0.1) is 13.2 Å². The van der Waals surface area contributed by atoms with Crippen molar-refractivity contribution in [3.05, 3.63) is 95.2 Å². The molecule has 1 aromatic heterocycles. The third-order valence-corrected chi connectivity index (χ3v) is 5.74. The third-order valence-electron chi connectivity index (χ3n) is 5.74. The molecule has 0 radical (unpaired) electrons. The first-order valence-corrected chi connectivity index (χ1v) is 10.2. The first kappa shape index (κ1) is 19.7. The molecule has 0 saturated heterocycles. The highest BCUT2D eigenvalue weighted by Gasteiger charge is 2.42. The molecule has 160 valence electrons. The summed E-state index contributed by atoms with van der Waals surface area (Å²) in [6, 6.07) is 20.9. The minimum Gasteiger partial charge on any atom is -0.508 e. The number of nitrogens with zero attached hydrogens (tertiary/aromatic N) is 2. The van der Waals surface area contributed by atoms with Crippen LogP contribution in [0.15, 0.2) is 72.8 Å². The van der Waals surface area contributed by atoms with Crippen molar-refractivity contribution in [2.45, 2.75) is 12.6 Å². The van der Waals surface area contributed by atoms with E-state index in [4.69, 9.17) is 4.74 Å². The molecule has 5 rings (SSSR count). The average molecular weight is 427 g/mol. The van der Waals surface area contributed by atoms with E-state index >= 15 is 0 Å². The first-order valence-electron chi connectivity index (χ1n) is 10.2. The van der Waals surface area contributed by atoms with Gasteiger partial charge in [0.15, 0.2) is 0 Å².